The highest BCUT2D eigenvalue weighted by atomic mass is 15.1. The standard InChI is InChI=1S/C57H38N4/c1-5-15-39(16-6-1)40-25-27-43(28-26-40)57-59-53(41-17-7-2-8-18-41)38-54(60-57)45-32-35-49-44(37-45)31-36-51-55(49)50-23-13-14-24-52(50)58-56(51)42-29-33-48(34-30-42)61(46-19-9-3-10-20-46)47-21-11-4-12-22-47/h1-38H. The highest BCUT2D eigenvalue weighted by Gasteiger charge is 2.17. The Labute approximate surface area is 354 Å². The molecular formula is C57H38N4. The Kier molecular flexibility index (Phi) is 9.14. The Morgan fingerprint density at radius 3 is 1.46 bits per heavy atom. The number of benzene rings is 9. The average molecular weight is 779 g/mol. The van der Waals surface area contributed by atoms with Crippen LogP contribution in [0.3, 0.4) is 0 Å². The summed E-state index contributed by atoms with van der Waals surface area (Å²) in [5.74, 6) is 0.693. The van der Waals surface area contributed by atoms with E-state index in [9.17, 15) is 0 Å². The molecule has 0 aliphatic rings. The number of fused-ring (bicyclic) bond motifs is 5. The van der Waals surface area contributed by atoms with Crippen LogP contribution in [-0.2, 0) is 0 Å². The normalized spacial score (nSPS) is 11.3. The summed E-state index contributed by atoms with van der Waals surface area (Å²) in [6, 6.07) is 80.9. The van der Waals surface area contributed by atoms with Crippen LogP contribution < -0.4 is 4.90 Å². The summed E-state index contributed by atoms with van der Waals surface area (Å²) in [5, 5.41) is 5.74. The third-order valence-electron chi connectivity index (χ3n) is 11.4. The van der Waals surface area contributed by atoms with Crippen molar-refractivity contribution >= 4 is 49.5 Å². The van der Waals surface area contributed by atoms with Crippen LogP contribution in [0.15, 0.2) is 231 Å². The van der Waals surface area contributed by atoms with Gasteiger partial charge in [0.1, 0.15) is 0 Å². The molecule has 2 aromatic heterocycles. The molecular weight excluding hydrogens is 741 g/mol. The molecule has 11 aromatic rings. The maximum absolute atomic E-state index is 5.31. The van der Waals surface area contributed by atoms with Gasteiger partial charge in [-0.2, -0.15) is 0 Å². The van der Waals surface area contributed by atoms with E-state index in [1.165, 1.54) is 16.3 Å². The van der Waals surface area contributed by atoms with Crippen LogP contribution in [0.25, 0.3) is 88.7 Å². The van der Waals surface area contributed by atoms with Crippen molar-refractivity contribution in [2.24, 2.45) is 0 Å². The Hall–Kier alpha value is -8.21. The van der Waals surface area contributed by atoms with E-state index in [0.717, 1.165) is 83.6 Å². The summed E-state index contributed by atoms with van der Waals surface area (Å²) < 4.78 is 0. The summed E-state index contributed by atoms with van der Waals surface area (Å²) in [5.41, 5.74) is 13.4. The highest BCUT2D eigenvalue weighted by molar-refractivity contribution is 6.22. The first kappa shape index (κ1) is 35.9. The summed E-state index contributed by atoms with van der Waals surface area (Å²) >= 11 is 0. The Balaban J connectivity index is 1.02. The van der Waals surface area contributed by atoms with Crippen LogP contribution in [-0.4, -0.2) is 15.0 Å². The molecule has 0 aliphatic carbocycles. The fourth-order valence-electron chi connectivity index (χ4n) is 8.45. The van der Waals surface area contributed by atoms with E-state index < -0.39 is 0 Å². The molecule has 0 amide bonds. The number of aromatic nitrogens is 3. The molecule has 0 N–H and O–H groups in total. The SMILES string of the molecule is c1ccc(-c2ccc(-c3nc(-c4ccccc4)cc(-c4ccc5c(ccc6c(-c7ccc(N(c8ccccc8)c8ccccc8)cc7)nc7ccccc7c65)c4)n3)cc2)cc1. The van der Waals surface area contributed by atoms with Crippen LogP contribution in [0, 0.1) is 0 Å². The molecule has 0 spiro atoms. The maximum Gasteiger partial charge on any atom is 0.160 e. The fraction of sp³-hybridized carbons (Fsp3) is 0. The van der Waals surface area contributed by atoms with Crippen molar-refractivity contribution in [1.82, 2.24) is 15.0 Å². The van der Waals surface area contributed by atoms with Gasteiger partial charge in [0.25, 0.3) is 0 Å². The Morgan fingerprint density at radius 2 is 0.787 bits per heavy atom. The van der Waals surface area contributed by atoms with Crippen LogP contribution in [0.4, 0.5) is 17.1 Å². The van der Waals surface area contributed by atoms with Gasteiger partial charge < -0.3 is 4.90 Å². The van der Waals surface area contributed by atoms with Crippen molar-refractivity contribution in [3.63, 3.8) is 0 Å². The van der Waals surface area contributed by atoms with E-state index >= 15 is 0 Å². The third kappa shape index (κ3) is 6.86. The van der Waals surface area contributed by atoms with Crippen molar-refractivity contribution in [2.75, 3.05) is 4.90 Å². The van der Waals surface area contributed by atoms with Gasteiger partial charge >= 0.3 is 0 Å². The maximum atomic E-state index is 5.31. The molecule has 61 heavy (non-hydrogen) atoms. The molecule has 0 bridgehead atoms. The lowest BCUT2D eigenvalue weighted by Crippen LogP contribution is -2.09. The molecule has 2 heterocycles. The number of rotatable bonds is 8. The van der Waals surface area contributed by atoms with Crippen molar-refractivity contribution < 1.29 is 0 Å². The van der Waals surface area contributed by atoms with Crippen LogP contribution >= 0.6 is 0 Å². The van der Waals surface area contributed by atoms with E-state index in [1.54, 1.807) is 0 Å². The van der Waals surface area contributed by atoms with Gasteiger partial charge in [-0.1, -0.05) is 176 Å². The number of hydrogen-bond acceptors (Lipinski definition) is 4. The molecule has 4 heteroatoms. The number of nitrogens with zero attached hydrogens (tertiary/aromatic N) is 4. The second-order valence-corrected chi connectivity index (χ2v) is 15.2. The molecule has 0 fully saturated rings. The molecule has 0 unspecified atom stereocenters. The number of anilines is 3. The lowest BCUT2D eigenvalue weighted by molar-refractivity contribution is 1.18. The number of pyridine rings is 1. The zero-order valence-corrected chi connectivity index (χ0v) is 33.2. The molecule has 9 aromatic carbocycles. The lowest BCUT2D eigenvalue weighted by Gasteiger charge is -2.25. The molecule has 0 saturated heterocycles. The molecule has 286 valence electrons. The minimum Gasteiger partial charge on any atom is -0.311 e. The first-order valence-corrected chi connectivity index (χ1v) is 20.6. The van der Waals surface area contributed by atoms with Gasteiger partial charge in [-0.25, -0.2) is 15.0 Å². The molecule has 0 radical (unpaired) electrons. The van der Waals surface area contributed by atoms with Crippen molar-refractivity contribution in [2.45, 2.75) is 0 Å². The predicted molar refractivity (Wildman–Crippen MR) is 254 cm³/mol. The first-order valence-electron chi connectivity index (χ1n) is 20.6. The van der Waals surface area contributed by atoms with Gasteiger partial charge in [-0.15, -0.1) is 0 Å². The van der Waals surface area contributed by atoms with Gasteiger partial charge in [0.15, 0.2) is 5.82 Å². The Morgan fingerprint density at radius 1 is 0.295 bits per heavy atom. The van der Waals surface area contributed by atoms with E-state index in [2.05, 4.69) is 223 Å². The second kappa shape index (κ2) is 15.5. The minimum atomic E-state index is 0.693. The van der Waals surface area contributed by atoms with Crippen LogP contribution in [0.2, 0.25) is 0 Å². The molecule has 4 nitrogen and oxygen atoms in total. The topological polar surface area (TPSA) is 41.9 Å². The quantitative estimate of drug-likeness (QED) is 0.144. The smallest absolute Gasteiger partial charge is 0.160 e. The van der Waals surface area contributed by atoms with E-state index in [0.29, 0.717) is 5.82 Å². The summed E-state index contributed by atoms with van der Waals surface area (Å²) in [6.45, 7) is 0. The summed E-state index contributed by atoms with van der Waals surface area (Å²) in [6.07, 6.45) is 0. The van der Waals surface area contributed by atoms with Gasteiger partial charge in [-0.05, 0) is 76.5 Å². The second-order valence-electron chi connectivity index (χ2n) is 15.2. The molecule has 11 rings (SSSR count). The monoisotopic (exact) mass is 778 g/mol. The van der Waals surface area contributed by atoms with Crippen molar-refractivity contribution in [3.8, 4) is 56.3 Å². The highest BCUT2D eigenvalue weighted by Crippen LogP contribution is 2.40. The molecule has 0 aliphatic heterocycles. The Bertz CT molecular complexity index is 3280. The molecule has 0 saturated carbocycles. The van der Waals surface area contributed by atoms with E-state index in [4.69, 9.17) is 15.0 Å². The first-order chi connectivity index (χ1) is 30.2. The van der Waals surface area contributed by atoms with Gasteiger partial charge in [0, 0.05) is 55.5 Å². The van der Waals surface area contributed by atoms with Crippen molar-refractivity contribution in [3.05, 3.63) is 231 Å². The minimum absolute atomic E-state index is 0.693. The van der Waals surface area contributed by atoms with Gasteiger partial charge in [0.2, 0.25) is 0 Å². The van der Waals surface area contributed by atoms with Crippen LogP contribution in [0.5, 0.6) is 0 Å². The van der Waals surface area contributed by atoms with Crippen LogP contribution in [0.1, 0.15) is 0 Å². The predicted octanol–water partition coefficient (Wildman–Crippen LogP) is 15.1. The summed E-state index contributed by atoms with van der Waals surface area (Å²) in [7, 11) is 0. The summed E-state index contributed by atoms with van der Waals surface area (Å²) in [4.78, 5) is 17.9. The van der Waals surface area contributed by atoms with E-state index in [1.807, 2.05) is 12.1 Å². The zero-order chi connectivity index (χ0) is 40.5. The van der Waals surface area contributed by atoms with Gasteiger partial charge in [0.05, 0.1) is 22.6 Å². The molecule has 0 atom stereocenters. The van der Waals surface area contributed by atoms with Crippen molar-refractivity contribution in [1.29, 1.82) is 0 Å². The zero-order valence-electron chi connectivity index (χ0n) is 33.2. The number of para-hydroxylation sites is 3. The van der Waals surface area contributed by atoms with E-state index in [-0.39, 0.29) is 0 Å². The number of hydrogen-bond donors (Lipinski definition) is 0. The average Bonchev–Trinajstić information content (AvgIpc) is 3.35. The van der Waals surface area contributed by atoms with Gasteiger partial charge in [-0.3, -0.25) is 0 Å². The lowest BCUT2D eigenvalue weighted by atomic mass is 9.94. The fourth-order valence-corrected chi connectivity index (χ4v) is 8.45. The third-order valence-corrected chi connectivity index (χ3v) is 11.4. The largest absolute Gasteiger partial charge is 0.311 e.